The van der Waals surface area contributed by atoms with Gasteiger partial charge in [0.2, 0.25) is 23.5 Å². The lowest BCUT2D eigenvalue weighted by Gasteiger charge is -2.23. The van der Waals surface area contributed by atoms with Crippen LogP contribution in [0.2, 0.25) is 5.02 Å². The van der Waals surface area contributed by atoms with Crippen molar-refractivity contribution >= 4 is 33.4 Å². The van der Waals surface area contributed by atoms with E-state index in [1.807, 2.05) is 6.92 Å². The molecule has 1 aliphatic heterocycles. The molecule has 2 aromatic carbocycles. The standard InChI is InChI=1S/C21H19ClN4O5S/c1-13-2-8-16(9-3-13)32(29,30)26-17(10-11-19(26)27)21(28)23-12-18-24-20(25-31-18)14-4-6-15(22)7-5-14/h2-9,17H,10-12H2,1H3,(H,23,28)/t17-/m1/s1. The second kappa shape index (κ2) is 8.71. The molecule has 0 radical (unpaired) electrons. The Hall–Kier alpha value is -3.24. The quantitative estimate of drug-likeness (QED) is 0.582. The number of carbonyl (C=O) groups excluding carboxylic acids is 2. The fourth-order valence-corrected chi connectivity index (χ4v) is 5.08. The highest BCUT2D eigenvalue weighted by atomic mass is 35.5. The summed E-state index contributed by atoms with van der Waals surface area (Å²) >= 11 is 5.87. The molecule has 32 heavy (non-hydrogen) atoms. The SMILES string of the molecule is Cc1ccc(S(=O)(=O)N2C(=O)CC[C@@H]2C(=O)NCc2nc(-c3ccc(Cl)cc3)no2)cc1. The summed E-state index contributed by atoms with van der Waals surface area (Å²) in [5, 5.41) is 7.02. The molecule has 0 aliphatic carbocycles. The van der Waals surface area contributed by atoms with Gasteiger partial charge in [-0.05, 0) is 49.7 Å². The molecule has 1 N–H and O–H groups in total. The van der Waals surface area contributed by atoms with E-state index in [4.69, 9.17) is 16.1 Å². The molecule has 11 heteroatoms. The Morgan fingerprint density at radius 2 is 1.88 bits per heavy atom. The van der Waals surface area contributed by atoms with E-state index in [1.165, 1.54) is 12.1 Å². The number of halogens is 1. The minimum Gasteiger partial charge on any atom is -0.345 e. The third-order valence-corrected chi connectivity index (χ3v) is 7.12. The third-order valence-electron chi connectivity index (χ3n) is 5.03. The number of aryl methyl sites for hydroxylation is 1. The van der Waals surface area contributed by atoms with Crippen LogP contribution in [0.1, 0.15) is 24.3 Å². The smallest absolute Gasteiger partial charge is 0.267 e. The van der Waals surface area contributed by atoms with E-state index >= 15 is 0 Å². The molecule has 0 unspecified atom stereocenters. The van der Waals surface area contributed by atoms with Gasteiger partial charge in [0.05, 0.1) is 11.4 Å². The largest absolute Gasteiger partial charge is 0.345 e. The summed E-state index contributed by atoms with van der Waals surface area (Å²) in [4.78, 5) is 29.3. The van der Waals surface area contributed by atoms with Crippen molar-refractivity contribution in [3.63, 3.8) is 0 Å². The lowest BCUT2D eigenvalue weighted by atomic mass is 10.2. The van der Waals surface area contributed by atoms with Gasteiger partial charge in [0, 0.05) is 17.0 Å². The summed E-state index contributed by atoms with van der Waals surface area (Å²) in [6.07, 6.45) is 0.0556. The Morgan fingerprint density at radius 1 is 1.19 bits per heavy atom. The summed E-state index contributed by atoms with van der Waals surface area (Å²) in [5.41, 5.74) is 1.57. The molecule has 1 aliphatic rings. The first kappa shape index (κ1) is 22.0. The Balaban J connectivity index is 1.46. The first-order valence-electron chi connectivity index (χ1n) is 9.76. The van der Waals surface area contributed by atoms with Gasteiger partial charge in [0.25, 0.3) is 10.0 Å². The average molecular weight is 475 g/mol. The lowest BCUT2D eigenvalue weighted by molar-refractivity contribution is -0.130. The van der Waals surface area contributed by atoms with Crippen LogP contribution in [0.25, 0.3) is 11.4 Å². The highest BCUT2D eigenvalue weighted by Crippen LogP contribution is 2.27. The zero-order chi connectivity index (χ0) is 22.9. The van der Waals surface area contributed by atoms with Crippen molar-refractivity contribution in [3.8, 4) is 11.4 Å². The van der Waals surface area contributed by atoms with Crippen LogP contribution < -0.4 is 5.32 Å². The molecule has 1 fully saturated rings. The van der Waals surface area contributed by atoms with Crippen LogP contribution in [0.3, 0.4) is 0 Å². The predicted molar refractivity (Wildman–Crippen MR) is 115 cm³/mol. The van der Waals surface area contributed by atoms with E-state index in [0.717, 1.165) is 5.56 Å². The molecule has 2 heterocycles. The van der Waals surface area contributed by atoms with Gasteiger partial charge in [0.15, 0.2) is 0 Å². The number of carbonyl (C=O) groups is 2. The van der Waals surface area contributed by atoms with Crippen molar-refractivity contribution in [1.29, 1.82) is 0 Å². The van der Waals surface area contributed by atoms with Crippen molar-refractivity contribution in [2.24, 2.45) is 0 Å². The highest BCUT2D eigenvalue weighted by Gasteiger charge is 2.44. The summed E-state index contributed by atoms with van der Waals surface area (Å²) in [5.74, 6) is -0.766. The molecule has 4 rings (SSSR count). The van der Waals surface area contributed by atoms with Crippen molar-refractivity contribution in [3.05, 3.63) is 65.0 Å². The number of aromatic nitrogens is 2. The molecule has 166 valence electrons. The molecule has 0 saturated carbocycles. The van der Waals surface area contributed by atoms with Crippen LogP contribution >= 0.6 is 11.6 Å². The zero-order valence-corrected chi connectivity index (χ0v) is 18.6. The van der Waals surface area contributed by atoms with Gasteiger partial charge in [-0.25, -0.2) is 12.7 Å². The molecule has 1 saturated heterocycles. The Labute approximate surface area is 189 Å². The van der Waals surface area contributed by atoms with Crippen LogP contribution in [-0.4, -0.2) is 40.7 Å². The number of rotatable bonds is 6. The van der Waals surface area contributed by atoms with E-state index in [1.54, 1.807) is 36.4 Å². The van der Waals surface area contributed by atoms with Gasteiger partial charge in [-0.15, -0.1) is 0 Å². The van der Waals surface area contributed by atoms with Gasteiger partial charge in [0.1, 0.15) is 6.04 Å². The molecule has 1 atom stereocenters. The molecular formula is C21H19ClN4O5S. The molecule has 9 nitrogen and oxygen atoms in total. The van der Waals surface area contributed by atoms with Crippen LogP contribution in [0.4, 0.5) is 0 Å². The Bertz CT molecular complexity index is 1260. The van der Waals surface area contributed by atoms with E-state index in [-0.39, 0.29) is 30.2 Å². The summed E-state index contributed by atoms with van der Waals surface area (Å²) < 4.78 is 31.8. The fraction of sp³-hybridized carbons (Fsp3) is 0.238. The molecule has 0 spiro atoms. The minimum absolute atomic E-state index is 0.0373. The number of sulfonamides is 1. The summed E-state index contributed by atoms with van der Waals surface area (Å²) in [6.45, 7) is 1.71. The van der Waals surface area contributed by atoms with E-state index in [9.17, 15) is 18.0 Å². The number of hydrogen-bond acceptors (Lipinski definition) is 7. The lowest BCUT2D eigenvalue weighted by Crippen LogP contribution is -2.47. The topological polar surface area (TPSA) is 122 Å². The Morgan fingerprint density at radius 3 is 2.56 bits per heavy atom. The molecular weight excluding hydrogens is 456 g/mol. The van der Waals surface area contributed by atoms with Gasteiger partial charge >= 0.3 is 0 Å². The maximum atomic E-state index is 13.0. The second-order valence-corrected chi connectivity index (χ2v) is 9.55. The number of benzene rings is 2. The van der Waals surface area contributed by atoms with E-state index in [2.05, 4.69) is 15.5 Å². The molecule has 0 bridgehead atoms. The fourth-order valence-electron chi connectivity index (χ4n) is 3.35. The van der Waals surface area contributed by atoms with Crippen LogP contribution in [0.15, 0.2) is 57.9 Å². The van der Waals surface area contributed by atoms with Crippen LogP contribution in [-0.2, 0) is 26.2 Å². The number of amides is 2. The summed E-state index contributed by atoms with van der Waals surface area (Å²) in [7, 11) is -4.16. The van der Waals surface area contributed by atoms with Gasteiger partial charge in [-0.2, -0.15) is 4.98 Å². The van der Waals surface area contributed by atoms with Crippen molar-refractivity contribution in [2.75, 3.05) is 0 Å². The third kappa shape index (κ3) is 4.37. The number of hydrogen-bond donors (Lipinski definition) is 1. The first-order valence-corrected chi connectivity index (χ1v) is 11.6. The van der Waals surface area contributed by atoms with Gasteiger partial charge < -0.3 is 9.84 Å². The maximum absolute atomic E-state index is 13.0. The normalized spacial score (nSPS) is 16.4. The van der Waals surface area contributed by atoms with Crippen LogP contribution in [0, 0.1) is 6.92 Å². The highest BCUT2D eigenvalue weighted by molar-refractivity contribution is 7.89. The first-order chi connectivity index (χ1) is 15.3. The second-order valence-electron chi connectivity index (χ2n) is 7.30. The molecule has 2 amide bonds. The zero-order valence-electron chi connectivity index (χ0n) is 17.0. The number of nitrogens with zero attached hydrogens (tertiary/aromatic N) is 3. The minimum atomic E-state index is -4.16. The van der Waals surface area contributed by atoms with Crippen molar-refractivity contribution < 1.29 is 22.5 Å². The predicted octanol–water partition coefficient (Wildman–Crippen LogP) is 2.69. The Kier molecular flexibility index (Phi) is 5.98. The van der Waals surface area contributed by atoms with Gasteiger partial charge in [-0.1, -0.05) is 34.5 Å². The van der Waals surface area contributed by atoms with Crippen molar-refractivity contribution in [2.45, 2.75) is 37.2 Å². The average Bonchev–Trinajstić information content (AvgIpc) is 3.40. The number of nitrogens with one attached hydrogen (secondary N) is 1. The van der Waals surface area contributed by atoms with Crippen LogP contribution in [0.5, 0.6) is 0 Å². The maximum Gasteiger partial charge on any atom is 0.267 e. The summed E-state index contributed by atoms with van der Waals surface area (Å²) in [6, 6.07) is 11.8. The van der Waals surface area contributed by atoms with E-state index < -0.39 is 27.9 Å². The van der Waals surface area contributed by atoms with E-state index in [0.29, 0.717) is 20.7 Å². The van der Waals surface area contributed by atoms with Crippen molar-refractivity contribution in [1.82, 2.24) is 19.8 Å². The van der Waals surface area contributed by atoms with Gasteiger partial charge in [-0.3, -0.25) is 9.59 Å². The molecule has 1 aromatic heterocycles. The molecule has 3 aromatic rings. The monoisotopic (exact) mass is 474 g/mol.